The van der Waals surface area contributed by atoms with Crippen molar-refractivity contribution in [3.05, 3.63) is 22.8 Å². The van der Waals surface area contributed by atoms with Crippen molar-refractivity contribution >= 4 is 0 Å². The van der Waals surface area contributed by atoms with Crippen molar-refractivity contribution in [3.8, 4) is 11.5 Å². The first-order valence-electron chi connectivity index (χ1n) is 13.2. The molecule has 1 aromatic carbocycles. The molecule has 0 spiro atoms. The van der Waals surface area contributed by atoms with E-state index >= 15 is 8.78 Å². The van der Waals surface area contributed by atoms with Crippen LogP contribution in [0, 0.1) is 30.6 Å². The molecule has 0 radical (unpaired) electrons. The summed E-state index contributed by atoms with van der Waals surface area (Å²) in [5, 5.41) is 0. The maximum Gasteiger partial charge on any atom is 0.420 e. The van der Waals surface area contributed by atoms with E-state index in [0.717, 1.165) is 44.9 Å². The lowest BCUT2D eigenvalue weighted by Crippen LogP contribution is -2.39. The van der Waals surface area contributed by atoms with E-state index in [-0.39, 0.29) is 25.4 Å². The summed E-state index contributed by atoms with van der Waals surface area (Å²) in [6.45, 7) is 4.15. The van der Waals surface area contributed by atoms with Crippen LogP contribution in [0.4, 0.5) is 35.1 Å². The Morgan fingerprint density at radius 3 is 1.73 bits per heavy atom. The Morgan fingerprint density at radius 1 is 0.757 bits per heavy atom. The highest BCUT2D eigenvalue weighted by atomic mass is 19.4. The Kier molecular flexibility index (Phi) is 9.31. The fraction of sp³-hybridized carbons (Fsp3) is 0.778. The molecule has 2 saturated carbocycles. The van der Waals surface area contributed by atoms with Crippen LogP contribution in [0.1, 0.15) is 94.7 Å². The minimum absolute atomic E-state index is 0.0517. The zero-order chi connectivity index (χ0) is 27.6. The smallest absolute Gasteiger partial charge is 0.420 e. The predicted octanol–water partition coefficient (Wildman–Crippen LogP) is 9.82. The summed E-state index contributed by atoms with van der Waals surface area (Å²) in [5.41, 5.74) is -4.93. The normalized spacial score (nSPS) is 25.7. The van der Waals surface area contributed by atoms with Gasteiger partial charge in [0.15, 0.2) is 0 Å². The van der Waals surface area contributed by atoms with Gasteiger partial charge < -0.3 is 9.47 Å². The summed E-state index contributed by atoms with van der Waals surface area (Å²) in [6.07, 6.45) is -7.28. The highest BCUT2D eigenvalue weighted by Crippen LogP contribution is 2.53. The van der Waals surface area contributed by atoms with E-state index in [0.29, 0.717) is 24.8 Å². The molecule has 1 aromatic rings. The highest BCUT2D eigenvalue weighted by Gasteiger charge is 2.52. The third-order valence-electron chi connectivity index (χ3n) is 8.04. The zero-order valence-corrected chi connectivity index (χ0v) is 21.5. The summed E-state index contributed by atoms with van der Waals surface area (Å²) in [4.78, 5) is 0. The van der Waals surface area contributed by atoms with Gasteiger partial charge in [0.25, 0.3) is 0 Å². The second kappa shape index (κ2) is 11.6. The van der Waals surface area contributed by atoms with Crippen molar-refractivity contribution in [3.63, 3.8) is 0 Å². The van der Waals surface area contributed by atoms with Gasteiger partial charge in [-0.25, -0.2) is 0 Å². The molecular formula is C27H36F8O2. The second-order valence-corrected chi connectivity index (χ2v) is 10.5. The number of alkyl halides is 8. The van der Waals surface area contributed by atoms with Gasteiger partial charge in [-0.3, -0.25) is 0 Å². The van der Waals surface area contributed by atoms with Crippen molar-refractivity contribution in [2.45, 2.75) is 103 Å². The van der Waals surface area contributed by atoms with Crippen LogP contribution in [0.25, 0.3) is 0 Å². The predicted molar refractivity (Wildman–Crippen MR) is 124 cm³/mol. The molecule has 2 fully saturated rings. The monoisotopic (exact) mass is 544 g/mol. The largest absolute Gasteiger partial charge is 0.493 e. The van der Waals surface area contributed by atoms with Crippen LogP contribution in [0.15, 0.2) is 6.07 Å². The minimum atomic E-state index is -5.59. The Labute approximate surface area is 213 Å². The van der Waals surface area contributed by atoms with Crippen LogP contribution in [-0.4, -0.2) is 12.7 Å². The first-order valence-corrected chi connectivity index (χ1v) is 13.2. The minimum Gasteiger partial charge on any atom is -0.493 e. The fourth-order valence-electron chi connectivity index (χ4n) is 6.22. The first kappa shape index (κ1) is 29.8. The van der Waals surface area contributed by atoms with E-state index in [4.69, 9.17) is 4.74 Å². The topological polar surface area (TPSA) is 18.5 Å². The van der Waals surface area contributed by atoms with Crippen molar-refractivity contribution in [2.24, 2.45) is 23.7 Å². The molecule has 2 aliphatic rings. The SMILES string of the molecule is CCCC1CCC(C2CCC(C(F)(F)Oc3c(C)cc(OCC)c(C(F)(F)F)c3C(F)(F)F)CC2)CC1. The van der Waals surface area contributed by atoms with Crippen LogP contribution < -0.4 is 9.47 Å². The van der Waals surface area contributed by atoms with Crippen LogP contribution in [-0.2, 0) is 12.4 Å². The number of ether oxygens (including phenoxy) is 2. The van der Waals surface area contributed by atoms with E-state index in [1.165, 1.54) is 13.3 Å². The summed E-state index contributed by atoms with van der Waals surface area (Å²) in [7, 11) is 0. The first-order chi connectivity index (χ1) is 17.2. The zero-order valence-electron chi connectivity index (χ0n) is 21.5. The molecule has 0 bridgehead atoms. The fourth-order valence-corrected chi connectivity index (χ4v) is 6.22. The summed E-state index contributed by atoms with van der Waals surface area (Å²) >= 11 is 0. The van der Waals surface area contributed by atoms with Crippen LogP contribution in [0.5, 0.6) is 11.5 Å². The number of benzene rings is 1. The maximum absolute atomic E-state index is 15.2. The molecule has 0 amide bonds. The Balaban J connectivity index is 1.80. The average Bonchev–Trinajstić information content (AvgIpc) is 2.80. The second-order valence-electron chi connectivity index (χ2n) is 10.5. The molecule has 3 rings (SSSR count). The quantitative estimate of drug-likeness (QED) is 0.303. The number of halogens is 8. The molecule has 0 unspecified atom stereocenters. The molecule has 0 N–H and O–H groups in total. The highest BCUT2D eigenvalue weighted by molar-refractivity contribution is 5.56. The maximum atomic E-state index is 15.2. The molecule has 0 atom stereocenters. The van der Waals surface area contributed by atoms with Gasteiger partial charge in [0.2, 0.25) is 0 Å². The lowest BCUT2D eigenvalue weighted by molar-refractivity contribution is -0.228. The van der Waals surface area contributed by atoms with Gasteiger partial charge in [-0.15, -0.1) is 0 Å². The standard InChI is InChI=1S/C27H36F8O2/c1-4-6-17-7-9-18(10-8-17)19-11-13-20(14-12-19)27(34,35)37-24-16(3)15-21(36-5-2)22(25(28,29)30)23(24)26(31,32)33/h15,17-20H,4-14H2,1-3H3. The van der Waals surface area contributed by atoms with E-state index in [2.05, 4.69) is 11.7 Å². The van der Waals surface area contributed by atoms with Crippen LogP contribution in [0.2, 0.25) is 0 Å². The van der Waals surface area contributed by atoms with Gasteiger partial charge in [-0.05, 0) is 81.8 Å². The Hall–Kier alpha value is -1.74. The molecule has 0 heterocycles. The van der Waals surface area contributed by atoms with E-state index in [1.807, 2.05) is 0 Å². The van der Waals surface area contributed by atoms with Crippen LogP contribution in [0.3, 0.4) is 0 Å². The summed E-state index contributed by atoms with van der Waals surface area (Å²) in [6, 6.07) is 0.679. The summed E-state index contributed by atoms with van der Waals surface area (Å²) in [5.74, 6) is -2.47. The molecule has 2 aliphatic carbocycles. The van der Waals surface area contributed by atoms with Crippen molar-refractivity contribution in [1.82, 2.24) is 0 Å². The van der Waals surface area contributed by atoms with Crippen molar-refractivity contribution in [1.29, 1.82) is 0 Å². The molecular weight excluding hydrogens is 508 g/mol. The lowest BCUT2D eigenvalue weighted by Gasteiger charge is -2.39. The van der Waals surface area contributed by atoms with Gasteiger partial charge in [0.1, 0.15) is 22.6 Å². The van der Waals surface area contributed by atoms with Crippen molar-refractivity contribution in [2.75, 3.05) is 6.61 Å². The lowest BCUT2D eigenvalue weighted by atomic mass is 9.68. The Morgan fingerprint density at radius 2 is 1.27 bits per heavy atom. The van der Waals surface area contributed by atoms with Gasteiger partial charge in [0.05, 0.1) is 12.5 Å². The van der Waals surface area contributed by atoms with E-state index < -0.39 is 52.6 Å². The van der Waals surface area contributed by atoms with Crippen LogP contribution >= 0.6 is 0 Å². The summed E-state index contributed by atoms with van der Waals surface area (Å²) < 4.78 is 123. The third-order valence-corrected chi connectivity index (χ3v) is 8.04. The number of rotatable bonds is 8. The molecule has 212 valence electrons. The number of hydrogen-bond donors (Lipinski definition) is 0. The van der Waals surface area contributed by atoms with E-state index in [1.54, 1.807) is 0 Å². The van der Waals surface area contributed by atoms with Gasteiger partial charge in [-0.1, -0.05) is 32.6 Å². The molecule has 0 aliphatic heterocycles. The van der Waals surface area contributed by atoms with Gasteiger partial charge >= 0.3 is 18.5 Å². The Bertz CT molecular complexity index is 893. The molecule has 0 saturated heterocycles. The number of aryl methyl sites for hydroxylation is 1. The van der Waals surface area contributed by atoms with Gasteiger partial charge in [0, 0.05) is 0 Å². The third kappa shape index (κ3) is 7.02. The van der Waals surface area contributed by atoms with E-state index in [9.17, 15) is 26.3 Å². The average molecular weight is 545 g/mol. The van der Waals surface area contributed by atoms with Crippen molar-refractivity contribution < 1.29 is 44.6 Å². The molecule has 2 nitrogen and oxygen atoms in total. The number of hydrogen-bond acceptors (Lipinski definition) is 2. The molecule has 37 heavy (non-hydrogen) atoms. The molecule has 0 aromatic heterocycles. The molecule has 10 heteroatoms. The van der Waals surface area contributed by atoms with Gasteiger partial charge in [-0.2, -0.15) is 35.1 Å².